The van der Waals surface area contributed by atoms with Gasteiger partial charge >= 0.3 is 0 Å². The highest BCUT2D eigenvalue weighted by atomic mass is 16.5. The third-order valence-corrected chi connectivity index (χ3v) is 6.63. The summed E-state index contributed by atoms with van der Waals surface area (Å²) in [6, 6.07) is 18.2. The number of piperidine rings is 1. The summed E-state index contributed by atoms with van der Waals surface area (Å²) in [7, 11) is 0. The molecule has 2 heterocycles. The monoisotopic (exact) mass is 448 g/mol. The number of hydrogen-bond donors (Lipinski definition) is 2. The predicted octanol–water partition coefficient (Wildman–Crippen LogP) is 4.86. The summed E-state index contributed by atoms with van der Waals surface area (Å²) in [6.07, 6.45) is 2.83. The molecule has 6 nitrogen and oxygen atoms in total. The highest BCUT2D eigenvalue weighted by Gasteiger charge is 2.46. The number of guanidine groups is 1. The van der Waals surface area contributed by atoms with E-state index in [2.05, 4.69) is 36.2 Å². The van der Waals surface area contributed by atoms with Crippen LogP contribution in [0.3, 0.4) is 0 Å². The third-order valence-electron chi connectivity index (χ3n) is 6.63. The fourth-order valence-corrected chi connectivity index (χ4v) is 5.09. The number of rotatable bonds is 8. The first-order valence-electron chi connectivity index (χ1n) is 12.1. The number of carbonyl (C=O) groups excluding carboxylic acids is 1. The van der Waals surface area contributed by atoms with Gasteiger partial charge in [0.25, 0.3) is 5.91 Å². The molecule has 1 amide bonds. The average Bonchev–Trinajstić information content (AvgIpc) is 2.98. The van der Waals surface area contributed by atoms with Crippen LogP contribution in [-0.4, -0.2) is 46.8 Å². The second kappa shape index (κ2) is 9.96. The normalized spacial score (nSPS) is 22.1. The molecule has 0 spiro atoms. The minimum atomic E-state index is -0.640. The van der Waals surface area contributed by atoms with Crippen LogP contribution in [0.2, 0.25) is 0 Å². The Labute approximate surface area is 197 Å². The molecule has 0 bridgehead atoms. The SMILES string of the molecule is CC(C)CC1(C)NC(=N)N(CC2CCN(Cc3cccc(Oc4ccccc4)c3)CC2)C1=O. The first kappa shape index (κ1) is 23.3. The molecule has 33 heavy (non-hydrogen) atoms. The summed E-state index contributed by atoms with van der Waals surface area (Å²) >= 11 is 0. The topological polar surface area (TPSA) is 68.7 Å². The van der Waals surface area contributed by atoms with Gasteiger partial charge in [0.1, 0.15) is 17.0 Å². The van der Waals surface area contributed by atoms with Crippen molar-refractivity contribution in [2.45, 2.75) is 52.1 Å². The average molecular weight is 449 g/mol. The Hall–Kier alpha value is -2.86. The van der Waals surface area contributed by atoms with Crippen LogP contribution in [0.15, 0.2) is 54.6 Å². The molecule has 2 aliphatic rings. The van der Waals surface area contributed by atoms with Crippen molar-refractivity contribution in [3.63, 3.8) is 0 Å². The van der Waals surface area contributed by atoms with Gasteiger partial charge in [-0.25, -0.2) is 0 Å². The third kappa shape index (κ3) is 5.74. The van der Waals surface area contributed by atoms with Crippen molar-refractivity contribution in [3.05, 3.63) is 60.2 Å². The fourth-order valence-electron chi connectivity index (χ4n) is 5.09. The summed E-state index contributed by atoms with van der Waals surface area (Å²) in [5.41, 5.74) is 0.603. The van der Waals surface area contributed by atoms with E-state index in [9.17, 15) is 4.79 Å². The van der Waals surface area contributed by atoms with Crippen molar-refractivity contribution >= 4 is 11.9 Å². The molecule has 4 rings (SSSR count). The number of likely N-dealkylation sites (tertiary alicyclic amines) is 1. The molecule has 1 unspecified atom stereocenters. The van der Waals surface area contributed by atoms with Gasteiger partial charge in [0.15, 0.2) is 5.96 Å². The maximum Gasteiger partial charge on any atom is 0.254 e. The largest absolute Gasteiger partial charge is 0.457 e. The minimum absolute atomic E-state index is 0.0545. The van der Waals surface area contributed by atoms with Crippen LogP contribution in [-0.2, 0) is 11.3 Å². The van der Waals surface area contributed by atoms with E-state index in [4.69, 9.17) is 10.1 Å². The van der Waals surface area contributed by atoms with Crippen LogP contribution in [0.5, 0.6) is 11.5 Å². The van der Waals surface area contributed by atoms with Gasteiger partial charge in [0.2, 0.25) is 0 Å². The molecule has 2 aromatic rings. The molecular weight excluding hydrogens is 412 g/mol. The van der Waals surface area contributed by atoms with Crippen molar-refractivity contribution in [1.29, 1.82) is 5.41 Å². The summed E-state index contributed by atoms with van der Waals surface area (Å²) in [6.45, 7) is 9.71. The van der Waals surface area contributed by atoms with Gasteiger partial charge in [-0.15, -0.1) is 0 Å². The second-order valence-electron chi connectivity index (χ2n) is 10.1. The first-order chi connectivity index (χ1) is 15.8. The standard InChI is InChI=1S/C27H36N4O2/c1-20(2)17-27(3)25(32)31(26(28)29-27)19-21-12-14-30(15-13-21)18-22-8-7-11-24(16-22)33-23-9-5-4-6-10-23/h4-11,16,20-21H,12-15,17-19H2,1-3H3,(H2,28,29). The van der Waals surface area contributed by atoms with Crippen molar-refractivity contribution < 1.29 is 9.53 Å². The van der Waals surface area contributed by atoms with Crippen LogP contribution in [0.25, 0.3) is 0 Å². The number of ether oxygens (including phenoxy) is 1. The van der Waals surface area contributed by atoms with Gasteiger partial charge in [-0.1, -0.05) is 44.2 Å². The van der Waals surface area contributed by atoms with E-state index in [0.717, 1.165) is 50.4 Å². The zero-order valence-electron chi connectivity index (χ0n) is 20.0. The number of para-hydroxylation sites is 1. The molecule has 2 fully saturated rings. The lowest BCUT2D eigenvalue weighted by Crippen LogP contribution is -2.45. The molecule has 176 valence electrons. The Bertz CT molecular complexity index is 969. The molecule has 0 radical (unpaired) electrons. The van der Waals surface area contributed by atoms with Gasteiger partial charge in [-0.05, 0) is 80.9 Å². The molecule has 0 saturated carbocycles. The molecule has 2 aromatic carbocycles. The van der Waals surface area contributed by atoms with Crippen molar-refractivity contribution in [2.24, 2.45) is 11.8 Å². The highest BCUT2D eigenvalue weighted by Crippen LogP contribution is 2.28. The lowest BCUT2D eigenvalue weighted by molar-refractivity contribution is -0.131. The Morgan fingerprint density at radius 3 is 2.48 bits per heavy atom. The van der Waals surface area contributed by atoms with Crippen LogP contribution >= 0.6 is 0 Å². The zero-order valence-corrected chi connectivity index (χ0v) is 20.0. The van der Waals surface area contributed by atoms with Gasteiger partial charge in [-0.2, -0.15) is 0 Å². The van der Waals surface area contributed by atoms with Gasteiger partial charge in [0, 0.05) is 13.1 Å². The van der Waals surface area contributed by atoms with E-state index in [1.807, 2.05) is 49.4 Å². The molecule has 2 N–H and O–H groups in total. The zero-order chi connectivity index (χ0) is 23.4. The van der Waals surface area contributed by atoms with E-state index in [0.29, 0.717) is 18.4 Å². The predicted molar refractivity (Wildman–Crippen MR) is 131 cm³/mol. The van der Waals surface area contributed by atoms with Crippen molar-refractivity contribution in [1.82, 2.24) is 15.1 Å². The molecular formula is C27H36N4O2. The lowest BCUT2D eigenvalue weighted by Gasteiger charge is -2.33. The molecule has 2 saturated heterocycles. The summed E-state index contributed by atoms with van der Waals surface area (Å²) < 4.78 is 5.98. The fraction of sp³-hybridized carbons (Fsp3) is 0.481. The quantitative estimate of drug-likeness (QED) is 0.605. The maximum atomic E-state index is 13.0. The van der Waals surface area contributed by atoms with Crippen LogP contribution in [0, 0.1) is 17.2 Å². The smallest absolute Gasteiger partial charge is 0.254 e. The molecule has 0 aliphatic carbocycles. The van der Waals surface area contributed by atoms with Crippen LogP contribution in [0.1, 0.15) is 45.6 Å². The van der Waals surface area contributed by atoms with E-state index in [1.165, 1.54) is 5.56 Å². The second-order valence-corrected chi connectivity index (χ2v) is 10.1. The summed E-state index contributed by atoms with van der Waals surface area (Å²) in [5.74, 6) is 2.85. The van der Waals surface area contributed by atoms with Crippen LogP contribution < -0.4 is 10.1 Å². The Balaban J connectivity index is 1.28. The maximum absolute atomic E-state index is 13.0. The van der Waals surface area contributed by atoms with E-state index < -0.39 is 5.54 Å². The molecule has 0 aromatic heterocycles. The molecule has 2 aliphatic heterocycles. The number of nitrogens with zero attached hydrogens (tertiary/aromatic N) is 2. The van der Waals surface area contributed by atoms with Gasteiger partial charge < -0.3 is 10.1 Å². The Kier molecular flexibility index (Phi) is 7.03. The molecule has 1 atom stereocenters. The number of benzene rings is 2. The first-order valence-corrected chi connectivity index (χ1v) is 12.1. The Morgan fingerprint density at radius 2 is 1.79 bits per heavy atom. The van der Waals surface area contributed by atoms with E-state index in [1.54, 1.807) is 4.90 Å². The van der Waals surface area contributed by atoms with E-state index in [-0.39, 0.29) is 11.9 Å². The number of nitrogens with one attached hydrogen (secondary N) is 2. The number of amides is 1. The lowest BCUT2D eigenvalue weighted by atomic mass is 9.90. The highest BCUT2D eigenvalue weighted by molar-refractivity contribution is 6.07. The van der Waals surface area contributed by atoms with Crippen molar-refractivity contribution in [3.8, 4) is 11.5 Å². The minimum Gasteiger partial charge on any atom is -0.457 e. The van der Waals surface area contributed by atoms with Gasteiger partial charge in [-0.3, -0.25) is 20.0 Å². The summed E-state index contributed by atoms with van der Waals surface area (Å²) in [5, 5.41) is 11.5. The molecule has 6 heteroatoms. The van der Waals surface area contributed by atoms with E-state index >= 15 is 0 Å². The van der Waals surface area contributed by atoms with Gasteiger partial charge in [0.05, 0.1) is 0 Å². The summed E-state index contributed by atoms with van der Waals surface area (Å²) in [4.78, 5) is 17.2. The van der Waals surface area contributed by atoms with Crippen molar-refractivity contribution in [2.75, 3.05) is 19.6 Å². The number of carbonyl (C=O) groups is 1. The Morgan fingerprint density at radius 1 is 1.09 bits per heavy atom. The van der Waals surface area contributed by atoms with Crippen LogP contribution in [0.4, 0.5) is 0 Å². The number of hydrogen-bond acceptors (Lipinski definition) is 4.